The van der Waals surface area contributed by atoms with Crippen molar-refractivity contribution in [3.63, 3.8) is 0 Å². The van der Waals surface area contributed by atoms with Crippen LogP contribution in [-0.2, 0) is 13.3 Å². The van der Waals surface area contributed by atoms with E-state index in [-0.39, 0.29) is 0 Å². The summed E-state index contributed by atoms with van der Waals surface area (Å²) in [5.41, 5.74) is 5.35. The van der Waals surface area contributed by atoms with Crippen LogP contribution in [0.25, 0.3) is 0 Å². The first-order chi connectivity index (χ1) is 6.74. The van der Waals surface area contributed by atoms with Crippen LogP contribution in [0.15, 0.2) is 0 Å². The van der Waals surface area contributed by atoms with Gasteiger partial charge in [-0.3, -0.25) is 0 Å². The lowest BCUT2D eigenvalue weighted by Crippen LogP contribution is -2.43. The van der Waals surface area contributed by atoms with E-state index in [4.69, 9.17) is 19.0 Å². The third-order valence-electron chi connectivity index (χ3n) is 2.09. The standard InChI is InChI=1S/C8H22N2O3Si/c1-11-14(12-2,13-3)8-4-6-10-7-5-9/h10H,4-9H2,1-3H3/i9+1,10+1. The molecule has 0 fully saturated rings. The van der Waals surface area contributed by atoms with E-state index in [1.54, 1.807) is 21.3 Å². The van der Waals surface area contributed by atoms with Crippen LogP contribution >= 0.6 is 0 Å². The lowest BCUT2D eigenvalue weighted by molar-refractivity contribution is 0.123. The van der Waals surface area contributed by atoms with Crippen LogP contribution in [0.3, 0.4) is 0 Å². The molecular formula is C8H22N2O3Si. The van der Waals surface area contributed by atoms with E-state index >= 15 is 0 Å². The molecule has 0 aromatic carbocycles. The third-order valence-corrected chi connectivity index (χ3v) is 4.92. The van der Waals surface area contributed by atoms with Crippen molar-refractivity contribution in [1.29, 1.82) is 0 Å². The van der Waals surface area contributed by atoms with Gasteiger partial charge in [-0.15, -0.1) is 0 Å². The molecule has 0 amide bonds. The molecule has 0 bridgehead atoms. The summed E-state index contributed by atoms with van der Waals surface area (Å²) in [6, 6.07) is 0.827. The Morgan fingerprint density at radius 3 is 2.07 bits per heavy atom. The smallest absolute Gasteiger partial charge is 0.377 e. The first kappa shape index (κ1) is 14.0. The maximum absolute atomic E-state index is 5.35. The highest BCUT2D eigenvalue weighted by molar-refractivity contribution is 6.60. The maximum atomic E-state index is 5.35. The van der Waals surface area contributed by atoms with Gasteiger partial charge < -0.3 is 24.3 Å². The third kappa shape index (κ3) is 5.04. The van der Waals surface area contributed by atoms with Gasteiger partial charge in [0, 0.05) is 40.5 Å². The van der Waals surface area contributed by atoms with Crippen molar-refractivity contribution in [1.82, 2.24) is 5.32 Å². The molecule has 0 aliphatic rings. The van der Waals surface area contributed by atoms with Crippen molar-refractivity contribution in [3.8, 4) is 0 Å². The van der Waals surface area contributed by atoms with Gasteiger partial charge in [-0.05, 0) is 13.0 Å². The second-order valence-electron chi connectivity index (χ2n) is 2.94. The van der Waals surface area contributed by atoms with Crippen LogP contribution in [0.2, 0.25) is 6.04 Å². The summed E-state index contributed by atoms with van der Waals surface area (Å²) in [5, 5.41) is 3.21. The molecule has 0 aromatic heterocycles. The molecule has 0 aliphatic carbocycles. The Kier molecular flexibility index (Phi) is 8.35. The van der Waals surface area contributed by atoms with Gasteiger partial charge in [-0.1, -0.05) is 0 Å². The molecule has 0 spiro atoms. The van der Waals surface area contributed by atoms with E-state index < -0.39 is 8.80 Å². The van der Waals surface area contributed by atoms with Crippen LogP contribution in [0.5, 0.6) is 0 Å². The quantitative estimate of drug-likeness (QED) is 0.323. The van der Waals surface area contributed by atoms with Crippen molar-refractivity contribution >= 4 is 8.80 Å². The topological polar surface area (TPSA) is 65.7 Å². The Labute approximate surface area is 87.3 Å². The Bertz CT molecular complexity index is 125. The highest BCUT2D eigenvalue weighted by Gasteiger charge is 2.36. The summed E-state index contributed by atoms with van der Waals surface area (Å²) in [6.07, 6.45) is 0.974. The molecule has 0 atom stereocenters. The van der Waals surface area contributed by atoms with Gasteiger partial charge in [-0.25, -0.2) is 0 Å². The lowest BCUT2D eigenvalue weighted by atomic mass is 10.5. The summed E-state index contributed by atoms with van der Waals surface area (Å²) in [4.78, 5) is 0. The van der Waals surface area contributed by atoms with Gasteiger partial charge in [0.1, 0.15) is 0 Å². The molecule has 6 heteroatoms. The second-order valence-corrected chi connectivity index (χ2v) is 6.03. The predicted molar refractivity (Wildman–Crippen MR) is 58.1 cm³/mol. The van der Waals surface area contributed by atoms with Crippen LogP contribution < -0.4 is 11.1 Å². The molecule has 5 nitrogen and oxygen atoms in total. The van der Waals surface area contributed by atoms with Gasteiger partial charge in [-0.2, -0.15) is 0 Å². The molecule has 0 rings (SSSR count). The normalized spacial score (nSPS) is 12.0. The number of hydrogen-bond acceptors (Lipinski definition) is 5. The summed E-state index contributed by atoms with van der Waals surface area (Å²) in [5.74, 6) is 0. The number of nitrogens with one attached hydrogen (secondary N) is 1. The summed E-state index contributed by atoms with van der Waals surface area (Å²) < 4.78 is 15.9. The predicted octanol–water partition coefficient (Wildman–Crippen LogP) is -0.197. The number of hydrogen-bond donors (Lipinski definition) is 2. The average Bonchev–Trinajstić information content (AvgIpc) is 2.24. The SMILES string of the molecule is CO[Si](CCC[15NH]CC[15NH2])(OC)OC. The van der Waals surface area contributed by atoms with Crippen molar-refractivity contribution in [2.75, 3.05) is 41.0 Å². The monoisotopic (exact) mass is 224 g/mol. The Morgan fingerprint density at radius 2 is 1.64 bits per heavy atom. The van der Waals surface area contributed by atoms with E-state index in [0.29, 0.717) is 6.54 Å². The minimum absolute atomic E-state index is 0.668. The highest BCUT2D eigenvalue weighted by Crippen LogP contribution is 2.13. The second kappa shape index (κ2) is 8.34. The first-order valence-corrected chi connectivity index (χ1v) is 6.74. The lowest BCUT2D eigenvalue weighted by Gasteiger charge is -2.24. The van der Waals surface area contributed by atoms with E-state index in [1.165, 1.54) is 0 Å². The summed E-state index contributed by atoms with van der Waals surface area (Å²) in [6.45, 7) is 2.44. The zero-order valence-electron chi connectivity index (χ0n) is 9.34. The fourth-order valence-corrected chi connectivity index (χ4v) is 2.94. The van der Waals surface area contributed by atoms with Gasteiger partial charge in [0.2, 0.25) is 0 Å². The van der Waals surface area contributed by atoms with Gasteiger partial charge in [0.05, 0.1) is 0 Å². The Morgan fingerprint density at radius 1 is 1.07 bits per heavy atom. The van der Waals surface area contributed by atoms with Crippen molar-refractivity contribution in [2.45, 2.75) is 12.5 Å². The van der Waals surface area contributed by atoms with Crippen LogP contribution in [0, 0.1) is 0 Å². The molecule has 14 heavy (non-hydrogen) atoms. The molecule has 3 N–H and O–H groups in total. The number of rotatable bonds is 9. The van der Waals surface area contributed by atoms with E-state index in [2.05, 4.69) is 5.32 Å². The fraction of sp³-hybridized carbons (Fsp3) is 1.00. The molecular weight excluding hydrogens is 202 g/mol. The van der Waals surface area contributed by atoms with E-state index in [1.807, 2.05) is 0 Å². The zero-order valence-corrected chi connectivity index (χ0v) is 10.3. The van der Waals surface area contributed by atoms with Gasteiger partial charge >= 0.3 is 8.80 Å². The number of nitrogens with two attached hydrogens (primary N) is 1. The Balaban J connectivity index is 3.61. The largest absolute Gasteiger partial charge is 0.500 e. The average molecular weight is 224 g/mol. The highest BCUT2D eigenvalue weighted by atomic mass is 28.4. The van der Waals surface area contributed by atoms with Crippen molar-refractivity contribution in [3.05, 3.63) is 0 Å². The molecule has 0 radical (unpaired) electrons. The summed E-state index contributed by atoms with van der Waals surface area (Å²) in [7, 11) is 2.55. The van der Waals surface area contributed by atoms with Crippen molar-refractivity contribution in [2.24, 2.45) is 5.73 Å². The molecule has 0 saturated heterocycles. The zero-order chi connectivity index (χ0) is 10.9. The van der Waals surface area contributed by atoms with E-state index in [0.717, 1.165) is 25.6 Å². The fourth-order valence-electron chi connectivity index (χ4n) is 1.21. The molecule has 0 aromatic rings. The molecule has 86 valence electrons. The van der Waals surface area contributed by atoms with Crippen molar-refractivity contribution < 1.29 is 13.3 Å². The van der Waals surface area contributed by atoms with Gasteiger partial charge in [0.25, 0.3) is 0 Å². The minimum Gasteiger partial charge on any atom is -0.377 e. The van der Waals surface area contributed by atoms with Crippen LogP contribution in [0.4, 0.5) is 0 Å². The first-order valence-electron chi connectivity index (χ1n) is 4.81. The van der Waals surface area contributed by atoms with Gasteiger partial charge in [0.15, 0.2) is 0 Å². The van der Waals surface area contributed by atoms with E-state index in [9.17, 15) is 0 Å². The summed E-state index contributed by atoms with van der Waals surface area (Å²) >= 11 is 0. The molecule has 0 unspecified atom stereocenters. The minimum atomic E-state index is -2.35. The van der Waals surface area contributed by atoms with Crippen LogP contribution in [0.1, 0.15) is 6.42 Å². The maximum Gasteiger partial charge on any atom is 0.500 e. The molecule has 0 aliphatic heterocycles. The molecule has 0 saturated carbocycles. The Hall–Kier alpha value is 0.0169. The molecule has 0 heterocycles. The van der Waals surface area contributed by atoms with Crippen LogP contribution in [-0.4, -0.2) is 49.8 Å².